The van der Waals surface area contributed by atoms with E-state index in [2.05, 4.69) is 218 Å². The molecule has 68 heavy (non-hydrogen) atoms. The van der Waals surface area contributed by atoms with E-state index in [1.165, 1.54) is 132 Å². The summed E-state index contributed by atoms with van der Waals surface area (Å²) in [7, 11) is 0. The Hall–Kier alpha value is -4.28. The first-order valence-electron chi connectivity index (χ1n) is 26.5. The maximum Gasteiger partial charge on any atom is 0.264 e. The third-order valence-corrected chi connectivity index (χ3v) is 20.1. The van der Waals surface area contributed by atoms with Gasteiger partial charge in [0.15, 0.2) is 0 Å². The lowest BCUT2D eigenvalue weighted by molar-refractivity contribution is 0.332. The van der Waals surface area contributed by atoms with Gasteiger partial charge in [-0.25, -0.2) is 0 Å². The first-order chi connectivity index (χ1) is 31.6. The van der Waals surface area contributed by atoms with Crippen molar-refractivity contribution >= 4 is 78.0 Å². The molecule has 0 bridgehead atoms. The molecule has 0 spiro atoms. The average Bonchev–Trinajstić information content (AvgIpc) is 3.65. The molecule has 0 radical (unpaired) electrons. The second-order valence-electron chi connectivity index (χ2n) is 27.4. The molecule has 3 aliphatic carbocycles. The van der Waals surface area contributed by atoms with Crippen LogP contribution in [0.4, 0.5) is 34.1 Å². The molecule has 3 heterocycles. The summed E-state index contributed by atoms with van der Waals surface area (Å²) in [4.78, 5) is 5.49. The zero-order valence-corrected chi connectivity index (χ0v) is 45.7. The summed E-state index contributed by atoms with van der Waals surface area (Å²) in [6.07, 6.45) is 8.33. The number of anilines is 6. The molecule has 0 amide bonds. The quantitative estimate of drug-likeness (QED) is 0.162. The predicted octanol–water partition coefficient (Wildman–Crippen LogP) is 16.8. The molecule has 1 unspecified atom stereocenters. The predicted molar refractivity (Wildman–Crippen MR) is 299 cm³/mol. The van der Waals surface area contributed by atoms with E-state index in [0.29, 0.717) is 5.92 Å². The summed E-state index contributed by atoms with van der Waals surface area (Å²) >= 11 is 2.09. The Morgan fingerprint density at radius 1 is 0.529 bits per heavy atom. The maximum atomic E-state index is 2.75. The van der Waals surface area contributed by atoms with E-state index in [1.54, 1.807) is 11.1 Å². The van der Waals surface area contributed by atoms with Crippen molar-refractivity contribution < 1.29 is 0 Å². The molecule has 11 rings (SSSR count). The SMILES string of the molecule is CCC(C)c1ccc(N2c3cc(C(C)(C)C)cc4c3B(c3cc5c(cc3N4c3ccc4c(c3)C(C)(C)CCC4(C)C)C(C)(C)CCC5(C)C)c3sc4cc5c(cc4c32)C(C)(C)CCC5(C)C)cc1. The van der Waals surface area contributed by atoms with Gasteiger partial charge in [0.2, 0.25) is 0 Å². The van der Waals surface area contributed by atoms with Crippen LogP contribution in [0.1, 0.15) is 213 Å². The summed E-state index contributed by atoms with van der Waals surface area (Å²) in [6.45, 7) is 41.9. The summed E-state index contributed by atoms with van der Waals surface area (Å²) in [6, 6.07) is 33.3. The summed E-state index contributed by atoms with van der Waals surface area (Å²) < 4.78 is 2.91. The van der Waals surface area contributed by atoms with Gasteiger partial charge < -0.3 is 9.80 Å². The lowest BCUT2D eigenvalue weighted by Gasteiger charge is -2.48. The average molecular weight is 919 g/mol. The van der Waals surface area contributed by atoms with Crippen molar-refractivity contribution in [2.75, 3.05) is 9.80 Å². The smallest absolute Gasteiger partial charge is 0.264 e. The van der Waals surface area contributed by atoms with E-state index in [0.717, 1.165) is 6.42 Å². The lowest BCUT2D eigenvalue weighted by atomic mass is 9.35. The fourth-order valence-corrected chi connectivity index (χ4v) is 14.8. The molecule has 0 saturated carbocycles. The molecular weight excluding hydrogens is 840 g/mol. The van der Waals surface area contributed by atoms with Crippen molar-refractivity contribution in [2.45, 2.75) is 206 Å². The van der Waals surface area contributed by atoms with Crippen LogP contribution in [0.2, 0.25) is 0 Å². The first-order valence-corrected chi connectivity index (χ1v) is 27.3. The van der Waals surface area contributed by atoms with Gasteiger partial charge in [-0.2, -0.15) is 0 Å². The molecule has 0 fully saturated rings. The second kappa shape index (κ2) is 14.6. The minimum Gasteiger partial charge on any atom is -0.311 e. The van der Waals surface area contributed by atoms with Crippen LogP contribution >= 0.6 is 11.3 Å². The Labute approximate surface area is 415 Å². The van der Waals surface area contributed by atoms with Gasteiger partial charge in [-0.15, -0.1) is 11.3 Å². The molecule has 0 saturated heterocycles. The minimum absolute atomic E-state index is 0.0678. The van der Waals surface area contributed by atoms with Crippen LogP contribution in [0.3, 0.4) is 0 Å². The molecule has 5 aromatic carbocycles. The molecule has 0 N–H and O–H groups in total. The van der Waals surface area contributed by atoms with Crippen LogP contribution in [-0.2, 0) is 37.9 Å². The van der Waals surface area contributed by atoms with Crippen molar-refractivity contribution in [2.24, 2.45) is 0 Å². The molecule has 354 valence electrons. The topological polar surface area (TPSA) is 6.48 Å². The highest BCUT2D eigenvalue weighted by atomic mass is 32.1. The third-order valence-electron chi connectivity index (χ3n) is 18.9. The zero-order valence-electron chi connectivity index (χ0n) is 44.9. The number of thiophene rings is 1. The summed E-state index contributed by atoms with van der Waals surface area (Å²) in [5.74, 6) is 0.513. The molecule has 1 atom stereocenters. The highest BCUT2D eigenvalue weighted by Gasteiger charge is 2.49. The van der Waals surface area contributed by atoms with E-state index in [9.17, 15) is 0 Å². The molecule has 4 heteroatoms. The summed E-state index contributed by atoms with van der Waals surface area (Å²) in [5.41, 5.74) is 23.4. The van der Waals surface area contributed by atoms with Crippen LogP contribution in [-0.4, -0.2) is 6.71 Å². The highest BCUT2D eigenvalue weighted by molar-refractivity contribution is 7.33. The summed E-state index contributed by atoms with van der Waals surface area (Å²) in [5, 5.41) is 1.41. The van der Waals surface area contributed by atoms with Gasteiger partial charge in [-0.05, 0) is 199 Å². The van der Waals surface area contributed by atoms with Crippen LogP contribution in [0.25, 0.3) is 10.1 Å². The molecule has 5 aliphatic rings. The monoisotopic (exact) mass is 919 g/mol. The second-order valence-corrected chi connectivity index (χ2v) is 28.5. The number of hydrogen-bond acceptors (Lipinski definition) is 3. The van der Waals surface area contributed by atoms with Gasteiger partial charge in [0.25, 0.3) is 6.71 Å². The normalized spacial score (nSPS) is 21.3. The lowest BCUT2D eigenvalue weighted by Crippen LogP contribution is -2.61. The van der Waals surface area contributed by atoms with Crippen molar-refractivity contribution in [1.29, 1.82) is 0 Å². The Morgan fingerprint density at radius 2 is 1.00 bits per heavy atom. The molecular formula is C64H79BN2S. The minimum atomic E-state index is -0.0888. The number of hydrogen-bond donors (Lipinski definition) is 0. The van der Waals surface area contributed by atoms with Gasteiger partial charge in [0.05, 0.1) is 5.69 Å². The van der Waals surface area contributed by atoms with Crippen LogP contribution in [0.5, 0.6) is 0 Å². The number of rotatable bonds is 4. The van der Waals surface area contributed by atoms with E-state index in [-0.39, 0.29) is 44.6 Å². The Kier molecular flexibility index (Phi) is 9.94. The zero-order chi connectivity index (χ0) is 48.6. The van der Waals surface area contributed by atoms with Crippen molar-refractivity contribution in [3.63, 3.8) is 0 Å². The van der Waals surface area contributed by atoms with Gasteiger partial charge >= 0.3 is 0 Å². The molecule has 2 nitrogen and oxygen atoms in total. The molecule has 6 aromatic rings. The van der Waals surface area contributed by atoms with Crippen molar-refractivity contribution in [3.8, 4) is 0 Å². The maximum absolute atomic E-state index is 2.75. The van der Waals surface area contributed by atoms with Crippen LogP contribution in [0, 0.1) is 0 Å². The van der Waals surface area contributed by atoms with Crippen LogP contribution < -0.4 is 25.5 Å². The van der Waals surface area contributed by atoms with E-state index >= 15 is 0 Å². The Bertz CT molecular complexity index is 3070. The van der Waals surface area contributed by atoms with Gasteiger partial charge in [0.1, 0.15) is 0 Å². The number of nitrogens with zero attached hydrogens (tertiary/aromatic N) is 2. The number of fused-ring (bicyclic) bond motifs is 9. The van der Waals surface area contributed by atoms with Crippen molar-refractivity contribution in [1.82, 2.24) is 0 Å². The Morgan fingerprint density at radius 3 is 1.54 bits per heavy atom. The first kappa shape index (κ1) is 46.1. The van der Waals surface area contributed by atoms with E-state index in [1.807, 2.05) is 0 Å². The molecule has 2 aliphatic heterocycles. The van der Waals surface area contributed by atoms with Crippen LogP contribution in [0.15, 0.2) is 78.9 Å². The fraction of sp³-hybridized carbons (Fsp3) is 0.500. The largest absolute Gasteiger partial charge is 0.311 e. The third kappa shape index (κ3) is 6.74. The van der Waals surface area contributed by atoms with Gasteiger partial charge in [-0.3, -0.25) is 0 Å². The van der Waals surface area contributed by atoms with E-state index < -0.39 is 0 Å². The van der Waals surface area contributed by atoms with E-state index in [4.69, 9.17) is 0 Å². The van der Waals surface area contributed by atoms with Crippen molar-refractivity contribution in [3.05, 3.63) is 123 Å². The standard InChI is InChI=1S/C64H79BN2S/c1-18-38(2)39-19-21-41(22-20-39)67-53-32-40(58(3,4)5)31-52-55(53)65(57-56(67)43-34-46-49(37-54(43)68-57)64(16,17)30-27-61(46,10)11)50-35-47-48(63(14,15)29-28-62(47,12)13)36-51(50)66(52)42-23-24-44-45(33-42)60(8,9)26-25-59(44,6)7/h19-24,31-38H,18,25-30H2,1-17H3. The fourth-order valence-electron chi connectivity index (χ4n) is 13.5. The highest BCUT2D eigenvalue weighted by Crippen LogP contribution is 2.56. The van der Waals surface area contributed by atoms with Gasteiger partial charge in [0, 0.05) is 43.3 Å². The molecule has 1 aromatic heterocycles. The Balaban J connectivity index is 1.29. The van der Waals surface area contributed by atoms with Gasteiger partial charge in [-0.1, -0.05) is 142 Å². The number of benzene rings is 5.